The molecule has 24 heavy (non-hydrogen) atoms. The SMILES string of the molecule is CC(C)c1nc([C@@H]2CCCN2C(=O)[C@H](C)Oc2cccnc2)no1. The van der Waals surface area contributed by atoms with Crippen LogP contribution in [0.4, 0.5) is 0 Å². The van der Waals surface area contributed by atoms with Crippen LogP contribution in [0, 0.1) is 0 Å². The lowest BCUT2D eigenvalue weighted by Gasteiger charge is -2.25. The molecular formula is C17H22N4O3. The molecule has 0 spiro atoms. The molecule has 1 aliphatic heterocycles. The molecule has 0 aromatic carbocycles. The van der Waals surface area contributed by atoms with Crippen molar-refractivity contribution in [2.45, 2.75) is 51.7 Å². The fourth-order valence-electron chi connectivity index (χ4n) is 2.82. The maximum atomic E-state index is 12.8. The van der Waals surface area contributed by atoms with Crippen molar-refractivity contribution in [1.29, 1.82) is 0 Å². The van der Waals surface area contributed by atoms with Crippen LogP contribution in [-0.4, -0.2) is 38.6 Å². The quantitative estimate of drug-likeness (QED) is 0.838. The van der Waals surface area contributed by atoms with E-state index in [1.54, 1.807) is 36.4 Å². The molecule has 0 saturated carbocycles. The summed E-state index contributed by atoms with van der Waals surface area (Å²) in [6.07, 6.45) is 4.42. The second-order valence-electron chi connectivity index (χ2n) is 6.28. The zero-order valence-electron chi connectivity index (χ0n) is 14.2. The van der Waals surface area contributed by atoms with Gasteiger partial charge >= 0.3 is 0 Å². The second-order valence-corrected chi connectivity index (χ2v) is 6.28. The Kier molecular flexibility index (Phi) is 4.78. The zero-order valence-corrected chi connectivity index (χ0v) is 14.2. The summed E-state index contributed by atoms with van der Waals surface area (Å²) in [5.41, 5.74) is 0. The number of aromatic nitrogens is 3. The van der Waals surface area contributed by atoms with E-state index >= 15 is 0 Å². The molecule has 2 aromatic rings. The molecule has 2 atom stereocenters. The summed E-state index contributed by atoms with van der Waals surface area (Å²) < 4.78 is 11.0. The molecule has 1 aliphatic rings. The van der Waals surface area contributed by atoms with E-state index in [0.717, 1.165) is 12.8 Å². The lowest BCUT2D eigenvalue weighted by atomic mass is 10.2. The fraction of sp³-hybridized carbons (Fsp3) is 0.529. The first-order valence-corrected chi connectivity index (χ1v) is 8.27. The van der Waals surface area contributed by atoms with E-state index < -0.39 is 6.10 Å². The summed E-state index contributed by atoms with van der Waals surface area (Å²) in [7, 11) is 0. The van der Waals surface area contributed by atoms with Crippen molar-refractivity contribution in [3.05, 3.63) is 36.2 Å². The van der Waals surface area contributed by atoms with Gasteiger partial charge in [0.15, 0.2) is 11.9 Å². The van der Waals surface area contributed by atoms with Gasteiger partial charge in [0.25, 0.3) is 5.91 Å². The minimum atomic E-state index is -0.591. The number of carbonyl (C=O) groups excluding carboxylic acids is 1. The summed E-state index contributed by atoms with van der Waals surface area (Å²) in [4.78, 5) is 23.0. The lowest BCUT2D eigenvalue weighted by molar-refractivity contribution is -0.139. The first-order chi connectivity index (χ1) is 11.6. The second kappa shape index (κ2) is 6.98. The topological polar surface area (TPSA) is 81.4 Å². The van der Waals surface area contributed by atoms with Crippen molar-refractivity contribution < 1.29 is 14.1 Å². The van der Waals surface area contributed by atoms with Gasteiger partial charge in [0.2, 0.25) is 5.89 Å². The van der Waals surface area contributed by atoms with Crippen LogP contribution in [0.5, 0.6) is 5.75 Å². The monoisotopic (exact) mass is 330 g/mol. The smallest absolute Gasteiger partial charge is 0.263 e. The Morgan fingerprint density at radius 3 is 2.92 bits per heavy atom. The molecule has 7 heteroatoms. The van der Waals surface area contributed by atoms with Gasteiger partial charge in [0.05, 0.1) is 12.2 Å². The Morgan fingerprint density at radius 1 is 1.42 bits per heavy atom. The normalized spacial score (nSPS) is 18.8. The highest BCUT2D eigenvalue weighted by atomic mass is 16.5. The predicted octanol–water partition coefficient (Wildman–Crippen LogP) is 2.72. The van der Waals surface area contributed by atoms with Crippen molar-refractivity contribution in [2.75, 3.05) is 6.54 Å². The molecule has 7 nitrogen and oxygen atoms in total. The standard InChI is InChI=1S/C17H22N4O3/c1-11(2)16-19-15(20-24-16)14-7-5-9-21(14)17(22)12(3)23-13-6-4-8-18-10-13/h4,6,8,10-12,14H,5,7,9H2,1-3H3/t12-,14-/m0/s1. The van der Waals surface area contributed by atoms with Crippen LogP contribution in [-0.2, 0) is 4.79 Å². The van der Waals surface area contributed by atoms with Crippen LogP contribution in [0.1, 0.15) is 57.3 Å². The zero-order chi connectivity index (χ0) is 17.1. The molecule has 3 heterocycles. The summed E-state index contributed by atoms with van der Waals surface area (Å²) in [6, 6.07) is 3.42. The van der Waals surface area contributed by atoms with Crippen LogP contribution in [0.3, 0.4) is 0 Å². The third-order valence-electron chi connectivity index (χ3n) is 4.08. The summed E-state index contributed by atoms with van der Waals surface area (Å²) >= 11 is 0. The highest BCUT2D eigenvalue weighted by Gasteiger charge is 2.36. The van der Waals surface area contributed by atoms with Gasteiger partial charge in [-0.3, -0.25) is 9.78 Å². The van der Waals surface area contributed by atoms with Crippen molar-refractivity contribution in [3.63, 3.8) is 0 Å². The van der Waals surface area contributed by atoms with Gasteiger partial charge < -0.3 is 14.2 Å². The first-order valence-electron chi connectivity index (χ1n) is 8.27. The van der Waals surface area contributed by atoms with Crippen molar-refractivity contribution >= 4 is 5.91 Å². The molecule has 0 unspecified atom stereocenters. The first kappa shape index (κ1) is 16.4. The van der Waals surface area contributed by atoms with Gasteiger partial charge in [-0.15, -0.1) is 0 Å². The van der Waals surface area contributed by atoms with Crippen LogP contribution in [0.25, 0.3) is 0 Å². The Hall–Kier alpha value is -2.44. The number of pyridine rings is 1. The maximum Gasteiger partial charge on any atom is 0.263 e. The van der Waals surface area contributed by atoms with Crippen LogP contribution < -0.4 is 4.74 Å². The third kappa shape index (κ3) is 3.39. The molecule has 1 amide bonds. The van der Waals surface area contributed by atoms with Crippen molar-refractivity contribution in [3.8, 4) is 5.75 Å². The fourth-order valence-corrected chi connectivity index (χ4v) is 2.82. The Bertz CT molecular complexity index is 686. The van der Waals surface area contributed by atoms with E-state index in [1.807, 2.05) is 13.8 Å². The van der Waals surface area contributed by atoms with E-state index in [1.165, 1.54) is 0 Å². The molecule has 0 bridgehead atoms. The molecular weight excluding hydrogens is 308 g/mol. The number of hydrogen-bond donors (Lipinski definition) is 0. The average Bonchev–Trinajstić information content (AvgIpc) is 3.24. The Labute approximate surface area is 141 Å². The molecule has 0 N–H and O–H groups in total. The van der Waals surface area contributed by atoms with Gasteiger partial charge in [-0.05, 0) is 31.9 Å². The largest absolute Gasteiger partial charge is 0.479 e. The minimum absolute atomic E-state index is 0.0720. The third-order valence-corrected chi connectivity index (χ3v) is 4.08. The van der Waals surface area contributed by atoms with E-state index in [9.17, 15) is 4.79 Å². The summed E-state index contributed by atoms with van der Waals surface area (Å²) in [5.74, 6) is 1.86. The lowest BCUT2D eigenvalue weighted by Crippen LogP contribution is -2.40. The number of hydrogen-bond acceptors (Lipinski definition) is 6. The molecule has 2 aromatic heterocycles. The molecule has 0 radical (unpaired) electrons. The maximum absolute atomic E-state index is 12.8. The molecule has 128 valence electrons. The Morgan fingerprint density at radius 2 is 2.25 bits per heavy atom. The molecule has 1 fully saturated rings. The van der Waals surface area contributed by atoms with Gasteiger partial charge in [0, 0.05) is 18.7 Å². The summed E-state index contributed by atoms with van der Waals surface area (Å²) in [6.45, 7) is 6.42. The number of likely N-dealkylation sites (tertiary alicyclic amines) is 1. The van der Waals surface area contributed by atoms with Gasteiger partial charge in [-0.25, -0.2) is 0 Å². The van der Waals surface area contributed by atoms with Gasteiger partial charge in [-0.2, -0.15) is 4.98 Å². The van der Waals surface area contributed by atoms with Crippen LogP contribution in [0.2, 0.25) is 0 Å². The number of nitrogens with zero attached hydrogens (tertiary/aromatic N) is 4. The van der Waals surface area contributed by atoms with Gasteiger partial charge in [0.1, 0.15) is 5.75 Å². The number of ether oxygens (including phenoxy) is 1. The van der Waals surface area contributed by atoms with E-state index in [2.05, 4.69) is 15.1 Å². The van der Waals surface area contributed by atoms with Gasteiger partial charge in [-0.1, -0.05) is 19.0 Å². The molecule has 3 rings (SSSR count). The van der Waals surface area contributed by atoms with E-state index in [4.69, 9.17) is 9.26 Å². The van der Waals surface area contributed by atoms with Crippen LogP contribution in [0.15, 0.2) is 29.0 Å². The predicted molar refractivity (Wildman–Crippen MR) is 86.4 cm³/mol. The Balaban J connectivity index is 1.70. The number of carbonyl (C=O) groups is 1. The molecule has 0 aliphatic carbocycles. The van der Waals surface area contributed by atoms with Crippen molar-refractivity contribution in [1.82, 2.24) is 20.0 Å². The van der Waals surface area contributed by atoms with E-state index in [0.29, 0.717) is 24.0 Å². The number of amides is 1. The minimum Gasteiger partial charge on any atom is -0.479 e. The van der Waals surface area contributed by atoms with Crippen LogP contribution >= 0.6 is 0 Å². The van der Waals surface area contributed by atoms with Crippen molar-refractivity contribution in [2.24, 2.45) is 0 Å². The van der Waals surface area contributed by atoms with E-state index in [-0.39, 0.29) is 17.9 Å². The number of rotatable bonds is 5. The summed E-state index contributed by atoms with van der Waals surface area (Å²) in [5, 5.41) is 4.06. The molecule has 1 saturated heterocycles. The highest BCUT2D eigenvalue weighted by molar-refractivity contribution is 5.81. The highest BCUT2D eigenvalue weighted by Crippen LogP contribution is 2.31. The average molecular weight is 330 g/mol.